The molecule has 0 radical (unpaired) electrons. The maximum Gasteiger partial charge on any atom is 0.135 e. The molecule has 0 aliphatic heterocycles. The van der Waals surface area contributed by atoms with E-state index in [1.54, 1.807) is 0 Å². The Morgan fingerprint density at radius 1 is 0.500 bits per heavy atom. The molecule has 0 bridgehead atoms. The lowest BCUT2D eigenvalue weighted by molar-refractivity contribution is 0.125. The SMILES string of the molecule is CC1(C)c2cc3c4cc5c(c(Br)c4n(-c4ccc6oc7ccccc7c6c4)c3c(Br)c2C(C)(C)C1(C)C)C(C)(C)C(C)(C)C5(C)C. The van der Waals surface area contributed by atoms with E-state index in [4.69, 9.17) is 4.42 Å². The van der Waals surface area contributed by atoms with Crippen molar-refractivity contribution < 1.29 is 4.42 Å². The molecule has 0 saturated carbocycles. The lowest BCUT2D eigenvalue weighted by Gasteiger charge is -2.44. The van der Waals surface area contributed by atoms with Crippen LogP contribution in [0.25, 0.3) is 49.4 Å². The number of benzene rings is 4. The summed E-state index contributed by atoms with van der Waals surface area (Å²) in [6, 6.07) is 20.2. The molecule has 8 rings (SSSR count). The van der Waals surface area contributed by atoms with Crippen LogP contribution in [0.2, 0.25) is 0 Å². The van der Waals surface area contributed by atoms with Gasteiger partial charge in [0, 0.05) is 36.2 Å². The average molecular weight is 740 g/mol. The quantitative estimate of drug-likeness (QED) is 0.164. The smallest absolute Gasteiger partial charge is 0.135 e. The summed E-state index contributed by atoms with van der Waals surface area (Å²) in [5.74, 6) is 0. The third kappa shape index (κ3) is 3.20. The maximum atomic E-state index is 6.29. The number of hydrogen-bond donors (Lipinski definition) is 0. The molecule has 0 N–H and O–H groups in total. The van der Waals surface area contributed by atoms with Crippen molar-refractivity contribution in [3.8, 4) is 5.69 Å². The molecule has 0 saturated heterocycles. The minimum absolute atomic E-state index is 0.0111. The molecule has 238 valence electrons. The van der Waals surface area contributed by atoms with Crippen molar-refractivity contribution in [1.82, 2.24) is 4.57 Å². The van der Waals surface area contributed by atoms with Gasteiger partial charge >= 0.3 is 0 Å². The van der Waals surface area contributed by atoms with E-state index in [1.807, 2.05) is 6.07 Å². The Hall–Kier alpha value is -2.56. The number of para-hydroxylation sites is 1. The molecule has 0 amide bonds. The highest BCUT2D eigenvalue weighted by Crippen LogP contribution is 2.66. The minimum atomic E-state index is -0.0438. The largest absolute Gasteiger partial charge is 0.456 e. The standard InChI is InChI=1S/C42H45Br2NO/c1-37(2)27-20-25-26-21-28-32(40(7,8)42(11,12)38(28,3)4)34(44)36(26)45(35(25)33(43)31(27)39(5,6)41(37,9)10)22-17-18-30-24(19-22)23-15-13-14-16-29(23)46-30/h13-21H,1-12H3. The fourth-order valence-corrected chi connectivity index (χ4v) is 11.6. The Bertz CT molecular complexity index is 2230. The van der Waals surface area contributed by atoms with Gasteiger partial charge in [-0.3, -0.25) is 0 Å². The van der Waals surface area contributed by atoms with Crippen molar-refractivity contribution in [3.63, 3.8) is 0 Å². The number of aromatic nitrogens is 1. The van der Waals surface area contributed by atoms with Gasteiger partial charge in [0.15, 0.2) is 0 Å². The van der Waals surface area contributed by atoms with E-state index in [0.29, 0.717) is 0 Å². The Labute approximate surface area is 290 Å². The molecule has 0 unspecified atom stereocenters. The number of hydrogen-bond acceptors (Lipinski definition) is 1. The third-order valence-electron chi connectivity index (χ3n) is 14.7. The Kier molecular flexibility index (Phi) is 5.83. The van der Waals surface area contributed by atoms with E-state index in [0.717, 1.165) is 27.6 Å². The van der Waals surface area contributed by atoms with Crippen molar-refractivity contribution in [2.45, 2.75) is 105 Å². The Balaban J connectivity index is 1.60. The second-order valence-electron chi connectivity index (χ2n) is 17.4. The van der Waals surface area contributed by atoms with Crippen LogP contribution in [-0.4, -0.2) is 4.57 Å². The van der Waals surface area contributed by atoms with Crippen LogP contribution in [-0.2, 0) is 21.7 Å². The highest BCUT2D eigenvalue weighted by atomic mass is 79.9. The Morgan fingerprint density at radius 3 is 1.46 bits per heavy atom. The summed E-state index contributed by atoms with van der Waals surface area (Å²) >= 11 is 8.64. The predicted octanol–water partition coefficient (Wildman–Crippen LogP) is 13.4. The van der Waals surface area contributed by atoms with Crippen LogP contribution in [0.3, 0.4) is 0 Å². The molecule has 0 fully saturated rings. The second kappa shape index (κ2) is 8.72. The first-order valence-electron chi connectivity index (χ1n) is 16.7. The number of nitrogens with zero attached hydrogens (tertiary/aromatic N) is 1. The fourth-order valence-electron chi connectivity index (χ4n) is 9.42. The van der Waals surface area contributed by atoms with Crippen molar-refractivity contribution in [1.29, 1.82) is 0 Å². The number of rotatable bonds is 1. The average Bonchev–Trinajstić information content (AvgIpc) is 3.57. The van der Waals surface area contributed by atoms with Crippen molar-refractivity contribution in [2.24, 2.45) is 10.8 Å². The molecule has 4 heteroatoms. The molecule has 2 aliphatic carbocycles. The van der Waals surface area contributed by atoms with Gasteiger partial charge in [-0.05, 0) is 123 Å². The van der Waals surface area contributed by atoms with Crippen LogP contribution >= 0.6 is 31.9 Å². The lowest BCUT2D eigenvalue weighted by Crippen LogP contribution is -2.42. The minimum Gasteiger partial charge on any atom is -0.456 e. The van der Waals surface area contributed by atoms with E-state index < -0.39 is 0 Å². The summed E-state index contributed by atoms with van der Waals surface area (Å²) in [7, 11) is 0. The number of halogens is 2. The molecule has 0 atom stereocenters. The third-order valence-corrected chi connectivity index (χ3v) is 16.2. The first-order valence-corrected chi connectivity index (χ1v) is 18.3. The molecule has 2 heterocycles. The van der Waals surface area contributed by atoms with E-state index in [2.05, 4.69) is 168 Å². The zero-order valence-electron chi connectivity index (χ0n) is 29.3. The van der Waals surface area contributed by atoms with E-state index in [1.165, 1.54) is 53.0 Å². The molecule has 6 aromatic rings. The normalized spacial score (nSPS) is 21.4. The van der Waals surface area contributed by atoms with Gasteiger partial charge < -0.3 is 8.98 Å². The van der Waals surface area contributed by atoms with Gasteiger partial charge in [0.2, 0.25) is 0 Å². The van der Waals surface area contributed by atoms with Gasteiger partial charge in [-0.15, -0.1) is 0 Å². The first kappa shape index (κ1) is 30.8. The highest BCUT2D eigenvalue weighted by Gasteiger charge is 2.59. The van der Waals surface area contributed by atoms with Gasteiger partial charge in [0.05, 0.1) is 11.0 Å². The van der Waals surface area contributed by atoms with Gasteiger partial charge in [-0.2, -0.15) is 0 Å². The van der Waals surface area contributed by atoms with Gasteiger partial charge in [-0.25, -0.2) is 0 Å². The number of furan rings is 1. The molecule has 2 aromatic heterocycles. The van der Waals surface area contributed by atoms with Gasteiger partial charge in [-0.1, -0.05) is 101 Å². The molecule has 4 aromatic carbocycles. The maximum absolute atomic E-state index is 6.29. The summed E-state index contributed by atoms with van der Waals surface area (Å²) in [4.78, 5) is 0. The van der Waals surface area contributed by atoms with Crippen molar-refractivity contribution in [2.75, 3.05) is 0 Å². The monoisotopic (exact) mass is 737 g/mol. The molecular formula is C42H45Br2NO. The molecule has 2 aliphatic rings. The summed E-state index contributed by atoms with van der Waals surface area (Å²) in [6.45, 7) is 29.3. The van der Waals surface area contributed by atoms with Crippen molar-refractivity contribution >= 4 is 75.6 Å². The molecule has 2 nitrogen and oxygen atoms in total. The molecule has 0 spiro atoms. The number of fused-ring (bicyclic) bond motifs is 8. The summed E-state index contributed by atoms with van der Waals surface area (Å²) in [5, 5.41) is 4.90. The fraction of sp³-hybridized carbons (Fsp3) is 0.429. The lowest BCUT2D eigenvalue weighted by atomic mass is 9.59. The van der Waals surface area contributed by atoms with Crippen LogP contribution in [0, 0.1) is 10.8 Å². The molecular weight excluding hydrogens is 694 g/mol. The highest BCUT2D eigenvalue weighted by molar-refractivity contribution is 9.11. The van der Waals surface area contributed by atoms with Crippen LogP contribution in [0.4, 0.5) is 0 Å². The topological polar surface area (TPSA) is 18.1 Å². The first-order chi connectivity index (χ1) is 21.2. The second-order valence-corrected chi connectivity index (χ2v) is 19.0. The van der Waals surface area contributed by atoms with E-state index in [9.17, 15) is 0 Å². The van der Waals surface area contributed by atoms with Crippen LogP contribution in [0.1, 0.15) is 105 Å². The zero-order chi connectivity index (χ0) is 33.3. The van der Waals surface area contributed by atoms with Crippen molar-refractivity contribution in [3.05, 3.63) is 85.8 Å². The summed E-state index contributed by atoms with van der Waals surface area (Å²) < 4.78 is 11.2. The van der Waals surface area contributed by atoms with E-state index in [-0.39, 0.29) is 32.5 Å². The van der Waals surface area contributed by atoms with Crippen LogP contribution in [0.15, 0.2) is 68.0 Å². The van der Waals surface area contributed by atoms with Gasteiger partial charge in [0.1, 0.15) is 11.2 Å². The predicted molar refractivity (Wildman–Crippen MR) is 203 cm³/mol. The summed E-state index contributed by atoms with van der Waals surface area (Å²) in [6.07, 6.45) is 0. The summed E-state index contributed by atoms with van der Waals surface area (Å²) in [5.41, 5.74) is 11.2. The van der Waals surface area contributed by atoms with Crippen LogP contribution in [0.5, 0.6) is 0 Å². The zero-order valence-corrected chi connectivity index (χ0v) is 32.5. The Morgan fingerprint density at radius 2 is 0.957 bits per heavy atom. The van der Waals surface area contributed by atoms with Gasteiger partial charge in [0.25, 0.3) is 0 Å². The molecule has 46 heavy (non-hydrogen) atoms. The van der Waals surface area contributed by atoms with E-state index >= 15 is 0 Å². The van der Waals surface area contributed by atoms with Crippen LogP contribution < -0.4 is 0 Å².